The first-order valence-corrected chi connectivity index (χ1v) is 14.8. The number of rotatable bonds is 7. The number of hydrogen-bond acceptors (Lipinski definition) is 10. The second-order valence-corrected chi connectivity index (χ2v) is 11.9. The lowest BCUT2D eigenvalue weighted by Gasteiger charge is -2.37. The van der Waals surface area contributed by atoms with E-state index in [0.29, 0.717) is 25.0 Å². The summed E-state index contributed by atoms with van der Waals surface area (Å²) in [5, 5.41) is 6.50. The highest BCUT2D eigenvalue weighted by Crippen LogP contribution is 2.32. The number of carbonyl (C=O) groups is 1. The van der Waals surface area contributed by atoms with E-state index in [-0.39, 0.29) is 28.0 Å². The second-order valence-electron chi connectivity index (χ2n) is 10.3. The van der Waals surface area contributed by atoms with Crippen LogP contribution in [0.15, 0.2) is 68.9 Å². The molecule has 0 radical (unpaired) electrons. The molecular weight excluding hydrogens is 590 g/mol. The Balaban J connectivity index is 0.986. The number of hydrogen-bond donors (Lipinski definition) is 4. The Morgan fingerprint density at radius 1 is 1.09 bits per heavy atom. The number of nitrogen functional groups attached to an aromatic ring is 2. The molecule has 2 aromatic carbocycles. The number of nitrogens with zero attached hydrogens (tertiary/aromatic N) is 5. The zero-order valence-corrected chi connectivity index (χ0v) is 24.9. The molecule has 4 aromatic rings. The van der Waals surface area contributed by atoms with Gasteiger partial charge in [-0.25, -0.2) is 19.3 Å². The number of halogens is 1. The summed E-state index contributed by atoms with van der Waals surface area (Å²) in [5.41, 5.74) is 12.8. The van der Waals surface area contributed by atoms with E-state index in [2.05, 4.69) is 47.0 Å². The molecule has 12 nitrogen and oxygen atoms in total. The lowest BCUT2D eigenvalue weighted by molar-refractivity contribution is 0.0998. The quantitative estimate of drug-likeness (QED) is 0.219. The predicted molar refractivity (Wildman–Crippen MR) is 166 cm³/mol. The summed E-state index contributed by atoms with van der Waals surface area (Å²) < 4.78 is 14.2. The molecule has 2 aromatic heterocycles. The van der Waals surface area contributed by atoms with Crippen molar-refractivity contribution in [2.75, 3.05) is 31.1 Å². The van der Waals surface area contributed by atoms with Crippen LogP contribution in [0.5, 0.6) is 5.75 Å². The van der Waals surface area contributed by atoms with Crippen molar-refractivity contribution in [3.8, 4) is 17.2 Å². The molecule has 6 rings (SSSR count). The fraction of sp³-hybridized carbons (Fsp3) is 0.276. The predicted octanol–water partition coefficient (Wildman–Crippen LogP) is 4.07. The van der Waals surface area contributed by atoms with Crippen LogP contribution in [0.4, 0.5) is 11.6 Å². The minimum absolute atomic E-state index is 0.0378. The lowest BCUT2D eigenvalue weighted by atomic mass is 9.90. The Labute approximate surface area is 257 Å². The van der Waals surface area contributed by atoms with Gasteiger partial charge in [0.15, 0.2) is 28.4 Å². The molecule has 1 amide bonds. The summed E-state index contributed by atoms with van der Waals surface area (Å²) in [6, 6.07) is 17.9. The third-order valence-electron chi connectivity index (χ3n) is 7.33. The topological polar surface area (TPSA) is 170 Å². The van der Waals surface area contributed by atoms with Gasteiger partial charge in [-0.15, -0.1) is 0 Å². The molecule has 43 heavy (non-hydrogen) atoms. The first-order chi connectivity index (χ1) is 20.8. The number of aromatic nitrogens is 3. The highest BCUT2D eigenvalue weighted by Gasteiger charge is 2.40. The first kappa shape index (κ1) is 28.8. The van der Waals surface area contributed by atoms with Crippen molar-refractivity contribution in [3.05, 3.63) is 76.9 Å². The van der Waals surface area contributed by atoms with Gasteiger partial charge >= 0.3 is 5.91 Å². The molecule has 0 bridgehead atoms. The van der Waals surface area contributed by atoms with E-state index >= 15 is 0 Å². The van der Waals surface area contributed by atoms with Crippen LogP contribution in [0, 0.1) is 6.92 Å². The monoisotopic (exact) mass is 619 g/mol. The van der Waals surface area contributed by atoms with Gasteiger partial charge in [0.05, 0.1) is 5.54 Å². The fourth-order valence-electron chi connectivity index (χ4n) is 4.88. The summed E-state index contributed by atoms with van der Waals surface area (Å²) >= 11 is 7.61. The van der Waals surface area contributed by atoms with Gasteiger partial charge in [0.25, 0.3) is 0 Å². The van der Waals surface area contributed by atoms with E-state index in [0.717, 1.165) is 53.6 Å². The average Bonchev–Trinajstić information content (AvgIpc) is 3.58. The van der Waals surface area contributed by atoms with Crippen LogP contribution >= 0.6 is 23.5 Å². The molecule has 4 heterocycles. The molecule has 2 fully saturated rings. The number of aryl methyl sites for hydroxylation is 1. The van der Waals surface area contributed by atoms with Gasteiger partial charge in [0, 0.05) is 30.1 Å². The smallest absolute Gasteiger partial charge is 0.302 e. The van der Waals surface area contributed by atoms with Gasteiger partial charge in [-0.2, -0.15) is 4.99 Å². The molecule has 2 saturated heterocycles. The average molecular weight is 620 g/mol. The lowest BCUT2D eigenvalue weighted by Crippen LogP contribution is -2.51. The van der Waals surface area contributed by atoms with Crippen molar-refractivity contribution < 1.29 is 13.9 Å². The van der Waals surface area contributed by atoms with Crippen molar-refractivity contribution in [1.82, 2.24) is 29.9 Å². The van der Waals surface area contributed by atoms with E-state index in [1.165, 1.54) is 0 Å². The van der Waals surface area contributed by atoms with E-state index in [1.807, 2.05) is 49.4 Å². The van der Waals surface area contributed by atoms with Gasteiger partial charge in [0.1, 0.15) is 23.8 Å². The fourth-order valence-corrected chi connectivity index (χ4v) is 5.93. The van der Waals surface area contributed by atoms with Crippen molar-refractivity contribution in [2.24, 2.45) is 4.99 Å². The summed E-state index contributed by atoms with van der Waals surface area (Å²) in [6.07, 6.45) is 1.75. The van der Waals surface area contributed by atoms with Crippen molar-refractivity contribution >= 4 is 47.1 Å². The molecule has 1 spiro atoms. The number of nitrogens with two attached hydrogens (primary N) is 2. The second kappa shape index (κ2) is 12.1. The van der Waals surface area contributed by atoms with Gasteiger partial charge in [0.2, 0.25) is 5.89 Å². The Hall–Kier alpha value is -4.33. The first-order valence-electron chi connectivity index (χ1n) is 13.7. The van der Waals surface area contributed by atoms with Crippen molar-refractivity contribution in [2.45, 2.75) is 36.8 Å². The Morgan fingerprint density at radius 3 is 2.58 bits per heavy atom. The van der Waals surface area contributed by atoms with Gasteiger partial charge in [-0.1, -0.05) is 29.8 Å². The molecule has 14 heteroatoms. The molecule has 6 N–H and O–H groups in total. The SMILES string of the molecule is Cc1oc(-c2ccccc2)nc1COc1ccc(SN2CCC3(CC2)CN/C(=N\C(=O)c2nc(Cl)c(N)nc2N)N3)cc1. The van der Waals surface area contributed by atoms with Gasteiger partial charge in [-0.05, 0) is 68.1 Å². The normalized spacial score (nSPS) is 17.1. The van der Waals surface area contributed by atoms with Crippen LogP contribution < -0.4 is 26.8 Å². The van der Waals surface area contributed by atoms with Crippen LogP contribution in [-0.2, 0) is 6.61 Å². The van der Waals surface area contributed by atoms with Crippen molar-refractivity contribution in [1.29, 1.82) is 0 Å². The minimum atomic E-state index is -0.646. The molecule has 2 aliphatic heterocycles. The largest absolute Gasteiger partial charge is 0.487 e. The number of anilines is 2. The van der Waals surface area contributed by atoms with Crippen LogP contribution in [0.3, 0.4) is 0 Å². The molecule has 222 valence electrons. The number of amides is 1. The molecule has 0 saturated carbocycles. The van der Waals surface area contributed by atoms with Crippen LogP contribution in [0.2, 0.25) is 5.15 Å². The number of oxazole rings is 1. The molecular formula is C29H30ClN9O3S. The maximum Gasteiger partial charge on any atom is 0.302 e. The maximum atomic E-state index is 12.6. The highest BCUT2D eigenvalue weighted by molar-refractivity contribution is 7.97. The number of nitrogens with one attached hydrogen (secondary N) is 2. The zero-order chi connectivity index (χ0) is 30.0. The van der Waals surface area contributed by atoms with Crippen LogP contribution in [0.25, 0.3) is 11.5 Å². The number of piperidine rings is 1. The standard InChI is InChI=1S/C29H30ClN9O3S/c1-17-21(34-27(42-17)18-5-3-2-4-6-18)15-41-19-7-9-20(10-8-19)43-39-13-11-29(12-14-39)16-33-28(38-29)37-26(40)22-24(31)36-25(32)23(30)35-22/h2-10H,11-16H2,1H3,(H4,31,32,36)(H2,33,37,38,40). The molecule has 0 aliphatic carbocycles. The number of ether oxygens (including phenoxy) is 1. The Morgan fingerprint density at radius 2 is 1.84 bits per heavy atom. The summed E-state index contributed by atoms with van der Waals surface area (Å²) in [6.45, 7) is 4.61. The van der Waals surface area contributed by atoms with Crippen LogP contribution in [0.1, 0.15) is 34.8 Å². The number of aliphatic imine (C=N–C) groups is 1. The van der Waals surface area contributed by atoms with E-state index in [9.17, 15) is 4.79 Å². The molecule has 2 aliphatic rings. The molecule has 0 atom stereocenters. The van der Waals surface area contributed by atoms with Crippen LogP contribution in [-0.4, -0.2) is 56.3 Å². The van der Waals surface area contributed by atoms with E-state index in [1.54, 1.807) is 11.9 Å². The maximum absolute atomic E-state index is 12.6. The summed E-state index contributed by atoms with van der Waals surface area (Å²) in [5.74, 6) is 1.69. The third-order valence-corrected chi connectivity index (χ3v) is 8.71. The highest BCUT2D eigenvalue weighted by atomic mass is 35.5. The zero-order valence-electron chi connectivity index (χ0n) is 23.3. The van der Waals surface area contributed by atoms with Crippen molar-refractivity contribution in [3.63, 3.8) is 0 Å². The van der Waals surface area contributed by atoms with E-state index in [4.69, 9.17) is 32.2 Å². The summed E-state index contributed by atoms with van der Waals surface area (Å²) in [4.78, 5) is 30.3. The number of guanidine groups is 1. The third kappa shape index (κ3) is 6.53. The Kier molecular flexibility index (Phi) is 8.10. The number of carbonyl (C=O) groups excluding carboxylic acids is 1. The van der Waals surface area contributed by atoms with E-state index < -0.39 is 5.91 Å². The Bertz CT molecular complexity index is 1660. The minimum Gasteiger partial charge on any atom is -0.487 e. The van der Waals surface area contributed by atoms with Gasteiger partial charge in [-0.3, -0.25) is 4.79 Å². The number of benzene rings is 2. The molecule has 0 unspecified atom stereocenters. The van der Waals surface area contributed by atoms with Gasteiger partial charge < -0.3 is 31.3 Å². The summed E-state index contributed by atoms with van der Waals surface area (Å²) in [7, 11) is 0.